The molecule has 1 aromatic carbocycles. The molecule has 0 aliphatic rings. The highest BCUT2D eigenvalue weighted by Gasteiger charge is 2.12. The molecule has 2 aromatic rings. The third-order valence-corrected chi connectivity index (χ3v) is 2.62. The molecule has 0 radical (unpaired) electrons. The molecule has 0 bridgehead atoms. The number of benzene rings is 1. The Bertz CT molecular complexity index is 558. The summed E-state index contributed by atoms with van der Waals surface area (Å²) in [5.74, 6) is 0.182. The summed E-state index contributed by atoms with van der Waals surface area (Å²) < 4.78 is 4.65. The first kappa shape index (κ1) is 12.5. The molecule has 0 aliphatic heterocycles. The molecule has 4 nitrogen and oxygen atoms in total. The molecule has 0 saturated heterocycles. The van der Waals surface area contributed by atoms with Gasteiger partial charge in [0, 0.05) is 5.56 Å². The van der Waals surface area contributed by atoms with Crippen LogP contribution in [-0.4, -0.2) is 23.0 Å². The number of hydrogen-bond acceptors (Lipinski definition) is 4. The number of ether oxygens (including phenoxy) is 1. The van der Waals surface area contributed by atoms with E-state index in [1.165, 1.54) is 13.2 Å². The van der Waals surface area contributed by atoms with Crippen LogP contribution in [0.3, 0.4) is 0 Å². The van der Waals surface area contributed by atoms with Crippen molar-refractivity contribution in [2.75, 3.05) is 7.11 Å². The Kier molecular flexibility index (Phi) is 3.89. The summed E-state index contributed by atoms with van der Waals surface area (Å²) in [6, 6.07) is 10.9. The topological polar surface area (TPSA) is 52.1 Å². The van der Waals surface area contributed by atoms with Crippen LogP contribution in [0.1, 0.15) is 16.2 Å². The number of halogens is 1. The third-order valence-electron chi connectivity index (χ3n) is 2.34. The zero-order valence-electron chi connectivity index (χ0n) is 9.76. The molecule has 0 spiro atoms. The Labute approximate surface area is 110 Å². The van der Waals surface area contributed by atoms with Crippen molar-refractivity contribution in [1.29, 1.82) is 0 Å². The van der Waals surface area contributed by atoms with E-state index in [4.69, 9.17) is 11.6 Å². The predicted octanol–water partition coefficient (Wildman–Crippen LogP) is 2.67. The molecule has 92 valence electrons. The molecular formula is C13H11ClN2O2. The summed E-state index contributed by atoms with van der Waals surface area (Å²) in [5.41, 5.74) is 1.63. The molecule has 0 atom stereocenters. The van der Waals surface area contributed by atoms with E-state index in [9.17, 15) is 4.79 Å². The van der Waals surface area contributed by atoms with Crippen molar-refractivity contribution >= 4 is 17.6 Å². The highest BCUT2D eigenvalue weighted by atomic mass is 35.5. The van der Waals surface area contributed by atoms with E-state index >= 15 is 0 Å². The third kappa shape index (κ3) is 2.65. The Hall–Kier alpha value is -1.94. The maximum Gasteiger partial charge on any atom is 0.356 e. The van der Waals surface area contributed by atoms with Crippen LogP contribution in [0.4, 0.5) is 0 Å². The number of carbonyl (C=O) groups is 1. The summed E-state index contributed by atoms with van der Waals surface area (Å²) in [6.45, 7) is 0. The fourth-order valence-electron chi connectivity index (χ4n) is 1.49. The second-order valence-corrected chi connectivity index (χ2v) is 3.83. The lowest BCUT2D eigenvalue weighted by Gasteiger charge is -2.05. The summed E-state index contributed by atoms with van der Waals surface area (Å²) in [4.78, 5) is 20.0. The van der Waals surface area contributed by atoms with Crippen LogP contribution in [0.25, 0.3) is 11.4 Å². The van der Waals surface area contributed by atoms with Gasteiger partial charge in [-0.3, -0.25) is 0 Å². The number of methoxy groups -OCH3 is 1. The Morgan fingerprint density at radius 3 is 2.61 bits per heavy atom. The maximum absolute atomic E-state index is 11.5. The van der Waals surface area contributed by atoms with Crippen molar-refractivity contribution < 1.29 is 9.53 Å². The van der Waals surface area contributed by atoms with Gasteiger partial charge in [-0.25, -0.2) is 14.8 Å². The molecular weight excluding hydrogens is 252 g/mol. The molecule has 0 amide bonds. The Morgan fingerprint density at radius 2 is 2.00 bits per heavy atom. The van der Waals surface area contributed by atoms with Gasteiger partial charge >= 0.3 is 5.97 Å². The zero-order chi connectivity index (χ0) is 13.0. The molecule has 0 aliphatic carbocycles. The summed E-state index contributed by atoms with van der Waals surface area (Å²) in [6.07, 6.45) is 0. The van der Waals surface area contributed by atoms with Gasteiger partial charge in [-0.15, -0.1) is 11.6 Å². The summed E-state index contributed by atoms with van der Waals surface area (Å²) in [5, 5.41) is 0. The quantitative estimate of drug-likeness (QED) is 0.630. The lowest BCUT2D eigenvalue weighted by Crippen LogP contribution is -2.07. The summed E-state index contributed by atoms with van der Waals surface area (Å²) >= 11 is 5.76. The van der Waals surface area contributed by atoms with Crippen molar-refractivity contribution in [3.8, 4) is 11.4 Å². The molecule has 0 fully saturated rings. The first-order valence-corrected chi connectivity index (χ1v) is 5.85. The highest BCUT2D eigenvalue weighted by Crippen LogP contribution is 2.16. The van der Waals surface area contributed by atoms with Gasteiger partial charge in [0.2, 0.25) is 0 Å². The molecule has 0 saturated carbocycles. The van der Waals surface area contributed by atoms with Gasteiger partial charge in [0.1, 0.15) is 0 Å². The normalized spacial score (nSPS) is 10.1. The number of alkyl halides is 1. The minimum atomic E-state index is -0.499. The van der Waals surface area contributed by atoms with Crippen LogP contribution < -0.4 is 0 Å². The van der Waals surface area contributed by atoms with E-state index in [1.54, 1.807) is 0 Å². The maximum atomic E-state index is 11.5. The molecule has 1 aromatic heterocycles. The number of nitrogens with zero attached hydrogens (tertiary/aromatic N) is 2. The number of aromatic nitrogens is 2. The van der Waals surface area contributed by atoms with Gasteiger partial charge < -0.3 is 4.74 Å². The van der Waals surface area contributed by atoms with Crippen molar-refractivity contribution in [3.63, 3.8) is 0 Å². The predicted molar refractivity (Wildman–Crippen MR) is 68.4 cm³/mol. The number of esters is 1. The van der Waals surface area contributed by atoms with Crippen LogP contribution in [0.5, 0.6) is 0 Å². The van der Waals surface area contributed by atoms with Gasteiger partial charge in [-0.1, -0.05) is 30.3 Å². The first-order chi connectivity index (χ1) is 8.74. The van der Waals surface area contributed by atoms with Crippen LogP contribution in [-0.2, 0) is 10.6 Å². The van der Waals surface area contributed by atoms with Crippen LogP contribution >= 0.6 is 11.6 Å². The van der Waals surface area contributed by atoms with E-state index in [-0.39, 0.29) is 11.6 Å². The van der Waals surface area contributed by atoms with Gasteiger partial charge in [0.15, 0.2) is 11.5 Å². The van der Waals surface area contributed by atoms with Gasteiger partial charge in [-0.2, -0.15) is 0 Å². The van der Waals surface area contributed by atoms with Crippen molar-refractivity contribution in [2.24, 2.45) is 0 Å². The molecule has 0 N–H and O–H groups in total. The lowest BCUT2D eigenvalue weighted by molar-refractivity contribution is 0.0594. The van der Waals surface area contributed by atoms with Gasteiger partial charge in [0.05, 0.1) is 18.7 Å². The average molecular weight is 263 g/mol. The van der Waals surface area contributed by atoms with Crippen molar-refractivity contribution in [2.45, 2.75) is 5.88 Å². The van der Waals surface area contributed by atoms with E-state index in [0.29, 0.717) is 11.5 Å². The van der Waals surface area contributed by atoms with E-state index in [0.717, 1.165) is 5.56 Å². The Balaban J connectivity index is 2.51. The fourth-order valence-corrected chi connectivity index (χ4v) is 1.63. The standard InChI is InChI=1S/C13H11ClN2O2/c1-18-13(17)11-7-10(8-14)15-12(16-11)9-5-3-2-4-6-9/h2-7H,8H2,1H3. The Morgan fingerprint density at radius 1 is 1.28 bits per heavy atom. The minimum absolute atomic E-state index is 0.210. The fraction of sp³-hybridized carbons (Fsp3) is 0.154. The lowest BCUT2D eigenvalue weighted by atomic mass is 10.2. The monoisotopic (exact) mass is 262 g/mol. The minimum Gasteiger partial charge on any atom is -0.464 e. The SMILES string of the molecule is COC(=O)c1cc(CCl)nc(-c2ccccc2)n1. The van der Waals surface area contributed by atoms with Crippen LogP contribution in [0.15, 0.2) is 36.4 Å². The summed E-state index contributed by atoms with van der Waals surface area (Å²) in [7, 11) is 1.31. The second-order valence-electron chi connectivity index (χ2n) is 3.56. The molecule has 18 heavy (non-hydrogen) atoms. The second kappa shape index (κ2) is 5.60. The highest BCUT2D eigenvalue weighted by molar-refractivity contribution is 6.17. The van der Waals surface area contributed by atoms with E-state index in [1.807, 2.05) is 30.3 Å². The molecule has 5 heteroatoms. The van der Waals surface area contributed by atoms with Gasteiger partial charge in [-0.05, 0) is 6.07 Å². The molecule has 0 unspecified atom stereocenters. The van der Waals surface area contributed by atoms with Crippen molar-refractivity contribution in [3.05, 3.63) is 47.8 Å². The smallest absolute Gasteiger partial charge is 0.356 e. The molecule has 2 rings (SSSR count). The number of hydrogen-bond donors (Lipinski definition) is 0. The first-order valence-electron chi connectivity index (χ1n) is 5.32. The van der Waals surface area contributed by atoms with Crippen LogP contribution in [0.2, 0.25) is 0 Å². The van der Waals surface area contributed by atoms with Crippen LogP contribution in [0, 0.1) is 0 Å². The largest absolute Gasteiger partial charge is 0.464 e. The number of carbonyl (C=O) groups excluding carboxylic acids is 1. The average Bonchev–Trinajstić information content (AvgIpc) is 2.46. The van der Waals surface area contributed by atoms with Gasteiger partial charge in [0.25, 0.3) is 0 Å². The van der Waals surface area contributed by atoms with Crippen molar-refractivity contribution in [1.82, 2.24) is 9.97 Å². The number of rotatable bonds is 3. The zero-order valence-corrected chi connectivity index (χ0v) is 10.5. The molecule has 1 heterocycles. The van der Waals surface area contributed by atoms with E-state index < -0.39 is 5.97 Å². The van der Waals surface area contributed by atoms with E-state index in [2.05, 4.69) is 14.7 Å².